The summed E-state index contributed by atoms with van der Waals surface area (Å²) < 4.78 is 19.9. The van der Waals surface area contributed by atoms with Crippen LogP contribution in [0.1, 0.15) is 0 Å². The monoisotopic (exact) mass is 308 g/mol. The molecule has 3 aromatic rings. The highest BCUT2D eigenvalue weighted by Crippen LogP contribution is 2.36. The average molecular weight is 308 g/mol. The minimum atomic E-state index is -0.878. The third-order valence-electron chi connectivity index (χ3n) is 2.54. The predicted octanol–water partition coefficient (Wildman–Crippen LogP) is 3.85. The second-order valence-corrected chi connectivity index (χ2v) is 5.84. The van der Waals surface area contributed by atoms with Gasteiger partial charge >= 0.3 is 6.09 Å². The standard InChI is InChI=1S/C13H9FN2O2S2/c14-9-2-1-3-10(7-9)20-16-11(18-13(15)17)6-8-4-5-19-12(8)16/h1-7H,(H2,15,17). The summed E-state index contributed by atoms with van der Waals surface area (Å²) in [5.41, 5.74) is 5.06. The van der Waals surface area contributed by atoms with Crippen molar-refractivity contribution in [2.24, 2.45) is 5.73 Å². The normalized spacial score (nSPS) is 10.8. The number of carbonyl (C=O) groups excluding carboxylic acids is 1. The van der Waals surface area contributed by atoms with Crippen molar-refractivity contribution in [3.8, 4) is 5.88 Å². The number of carbonyl (C=O) groups is 1. The quantitative estimate of drug-likeness (QED) is 0.799. The zero-order valence-corrected chi connectivity index (χ0v) is 11.7. The first kappa shape index (κ1) is 13.0. The Morgan fingerprint density at radius 2 is 2.20 bits per heavy atom. The van der Waals surface area contributed by atoms with E-state index < -0.39 is 6.09 Å². The van der Waals surface area contributed by atoms with Crippen LogP contribution in [0.5, 0.6) is 5.88 Å². The van der Waals surface area contributed by atoms with Crippen LogP contribution < -0.4 is 10.5 Å². The zero-order chi connectivity index (χ0) is 14.1. The molecule has 1 amide bonds. The second-order valence-electron chi connectivity index (χ2n) is 3.93. The number of amides is 1. The van der Waals surface area contributed by atoms with E-state index in [1.54, 1.807) is 22.2 Å². The number of nitrogens with two attached hydrogens (primary N) is 1. The molecule has 7 heteroatoms. The summed E-state index contributed by atoms with van der Waals surface area (Å²) in [7, 11) is 0. The number of nitrogens with zero attached hydrogens (tertiary/aromatic N) is 1. The first-order valence-electron chi connectivity index (χ1n) is 5.63. The van der Waals surface area contributed by atoms with Gasteiger partial charge in [0.05, 0.1) is 0 Å². The Bertz CT molecular complexity index is 782. The van der Waals surface area contributed by atoms with E-state index in [2.05, 4.69) is 0 Å². The summed E-state index contributed by atoms with van der Waals surface area (Å²) in [6, 6.07) is 9.83. The lowest BCUT2D eigenvalue weighted by atomic mass is 10.4. The molecule has 0 unspecified atom stereocenters. The molecule has 4 nitrogen and oxygen atoms in total. The molecule has 0 saturated carbocycles. The summed E-state index contributed by atoms with van der Waals surface area (Å²) in [5, 5.41) is 2.87. The number of primary amides is 1. The van der Waals surface area contributed by atoms with Crippen LogP contribution in [0.3, 0.4) is 0 Å². The number of aromatic nitrogens is 1. The average Bonchev–Trinajstić information content (AvgIpc) is 2.93. The van der Waals surface area contributed by atoms with Crippen molar-refractivity contribution in [2.45, 2.75) is 4.90 Å². The Labute approximate surface area is 122 Å². The number of rotatable bonds is 3. The Kier molecular flexibility index (Phi) is 3.37. The highest BCUT2D eigenvalue weighted by Gasteiger charge is 2.14. The highest BCUT2D eigenvalue weighted by molar-refractivity contribution is 7.98. The molecule has 2 heterocycles. The number of hydrogen-bond donors (Lipinski definition) is 1. The van der Waals surface area contributed by atoms with Crippen molar-refractivity contribution in [2.75, 3.05) is 0 Å². The van der Waals surface area contributed by atoms with Crippen LogP contribution >= 0.6 is 23.3 Å². The Morgan fingerprint density at radius 3 is 2.95 bits per heavy atom. The van der Waals surface area contributed by atoms with Crippen LogP contribution in [0.25, 0.3) is 10.2 Å². The number of thiophene rings is 1. The molecular weight excluding hydrogens is 299 g/mol. The SMILES string of the molecule is NC(=O)Oc1cc2ccsc2n1Sc1cccc(F)c1. The molecule has 0 saturated heterocycles. The molecule has 0 spiro atoms. The van der Waals surface area contributed by atoms with Crippen molar-refractivity contribution in [1.82, 2.24) is 3.97 Å². The van der Waals surface area contributed by atoms with E-state index in [1.807, 2.05) is 11.4 Å². The van der Waals surface area contributed by atoms with Gasteiger partial charge in [0.1, 0.15) is 10.6 Å². The Hall–Kier alpha value is -1.99. The fourth-order valence-corrected chi connectivity index (χ4v) is 3.68. The van der Waals surface area contributed by atoms with Crippen LogP contribution in [0.15, 0.2) is 46.7 Å². The Morgan fingerprint density at radius 1 is 1.35 bits per heavy atom. The van der Waals surface area contributed by atoms with Gasteiger partial charge in [0.25, 0.3) is 0 Å². The zero-order valence-electron chi connectivity index (χ0n) is 10.1. The van der Waals surface area contributed by atoms with Crippen molar-refractivity contribution in [3.05, 3.63) is 47.6 Å². The van der Waals surface area contributed by atoms with Gasteiger partial charge in [-0.3, -0.25) is 0 Å². The summed E-state index contributed by atoms with van der Waals surface area (Å²) in [6.45, 7) is 0. The molecule has 2 N–H and O–H groups in total. The van der Waals surface area contributed by atoms with Crippen LogP contribution in [-0.4, -0.2) is 10.1 Å². The largest absolute Gasteiger partial charge is 0.411 e. The number of fused-ring (bicyclic) bond motifs is 1. The third-order valence-corrected chi connectivity index (χ3v) is 4.57. The molecule has 0 aliphatic heterocycles. The van der Waals surface area contributed by atoms with E-state index >= 15 is 0 Å². The van der Waals surface area contributed by atoms with Gasteiger partial charge < -0.3 is 10.5 Å². The molecule has 20 heavy (non-hydrogen) atoms. The van der Waals surface area contributed by atoms with Gasteiger partial charge in [0.2, 0.25) is 5.88 Å². The van der Waals surface area contributed by atoms with E-state index in [1.165, 1.54) is 35.4 Å². The summed E-state index contributed by atoms with van der Waals surface area (Å²) in [5.74, 6) is 0.00978. The lowest BCUT2D eigenvalue weighted by Gasteiger charge is -2.07. The molecule has 0 aliphatic rings. The number of benzene rings is 1. The molecule has 1 aromatic carbocycles. The van der Waals surface area contributed by atoms with Gasteiger partial charge in [-0.2, -0.15) is 0 Å². The van der Waals surface area contributed by atoms with Gasteiger partial charge in [0, 0.05) is 16.3 Å². The molecule has 0 radical (unpaired) electrons. The maximum atomic E-state index is 13.2. The lowest BCUT2D eigenvalue weighted by molar-refractivity contribution is 0.209. The first-order valence-corrected chi connectivity index (χ1v) is 7.29. The minimum Gasteiger partial charge on any atom is -0.392 e. The van der Waals surface area contributed by atoms with E-state index in [0.717, 1.165) is 10.2 Å². The number of halogens is 1. The minimum absolute atomic E-state index is 0.318. The van der Waals surface area contributed by atoms with Gasteiger partial charge in [-0.25, -0.2) is 13.2 Å². The maximum absolute atomic E-state index is 13.2. The van der Waals surface area contributed by atoms with Crippen LogP contribution in [0.2, 0.25) is 0 Å². The van der Waals surface area contributed by atoms with Crippen molar-refractivity contribution in [3.63, 3.8) is 0 Å². The molecule has 3 rings (SSSR count). The fourth-order valence-electron chi connectivity index (χ4n) is 1.77. The Balaban J connectivity index is 2.03. The topological polar surface area (TPSA) is 57.3 Å². The molecule has 0 fully saturated rings. The molecule has 102 valence electrons. The maximum Gasteiger partial charge on any atom is 0.411 e. The molecular formula is C13H9FN2O2S2. The third kappa shape index (κ3) is 2.50. The van der Waals surface area contributed by atoms with E-state index in [9.17, 15) is 9.18 Å². The van der Waals surface area contributed by atoms with Crippen molar-refractivity contribution >= 4 is 39.6 Å². The summed E-state index contributed by atoms with van der Waals surface area (Å²) >= 11 is 2.77. The van der Waals surface area contributed by atoms with Crippen LogP contribution in [-0.2, 0) is 0 Å². The van der Waals surface area contributed by atoms with Crippen LogP contribution in [0.4, 0.5) is 9.18 Å². The predicted molar refractivity (Wildman–Crippen MR) is 77.7 cm³/mol. The summed E-state index contributed by atoms with van der Waals surface area (Å²) in [4.78, 5) is 12.6. The van der Waals surface area contributed by atoms with Gasteiger partial charge in [0.15, 0.2) is 0 Å². The lowest BCUT2D eigenvalue weighted by Crippen LogP contribution is -2.17. The van der Waals surface area contributed by atoms with Gasteiger partial charge in [-0.1, -0.05) is 6.07 Å². The molecule has 0 atom stereocenters. The first-order chi connectivity index (χ1) is 9.63. The molecule has 2 aromatic heterocycles. The molecule has 0 bridgehead atoms. The smallest absolute Gasteiger partial charge is 0.392 e. The second kappa shape index (κ2) is 5.18. The summed E-state index contributed by atoms with van der Waals surface area (Å²) in [6.07, 6.45) is -0.878. The fraction of sp³-hybridized carbons (Fsp3) is 0. The van der Waals surface area contributed by atoms with Crippen molar-refractivity contribution < 1.29 is 13.9 Å². The van der Waals surface area contributed by atoms with Gasteiger partial charge in [-0.15, -0.1) is 11.3 Å². The van der Waals surface area contributed by atoms with Gasteiger partial charge in [-0.05, 0) is 41.6 Å². The van der Waals surface area contributed by atoms with E-state index in [0.29, 0.717) is 10.8 Å². The highest BCUT2D eigenvalue weighted by atomic mass is 32.2. The molecule has 0 aliphatic carbocycles. The van der Waals surface area contributed by atoms with Crippen LogP contribution in [0, 0.1) is 5.82 Å². The number of hydrogen-bond acceptors (Lipinski definition) is 4. The van der Waals surface area contributed by atoms with E-state index in [4.69, 9.17) is 10.5 Å². The van der Waals surface area contributed by atoms with E-state index in [-0.39, 0.29) is 5.82 Å². The van der Waals surface area contributed by atoms with Crippen molar-refractivity contribution in [1.29, 1.82) is 0 Å². The number of ether oxygens (including phenoxy) is 1.